The number of likely N-dealkylation sites (tertiary alicyclic amines) is 1. The molecule has 2 rings (SSSR count). The lowest BCUT2D eigenvalue weighted by Crippen LogP contribution is -2.37. The zero-order chi connectivity index (χ0) is 17.4. The number of phenols is 1. The van der Waals surface area contributed by atoms with Gasteiger partial charge in [-0.2, -0.15) is 0 Å². The van der Waals surface area contributed by atoms with Gasteiger partial charge in [0, 0.05) is 18.7 Å². The van der Waals surface area contributed by atoms with E-state index < -0.39 is 0 Å². The Morgan fingerprint density at radius 2 is 1.74 bits per heavy atom. The van der Waals surface area contributed by atoms with Crippen molar-refractivity contribution >= 4 is 0 Å². The third-order valence-corrected chi connectivity index (χ3v) is 4.74. The summed E-state index contributed by atoms with van der Waals surface area (Å²) in [6.07, 6.45) is 1.67. The lowest BCUT2D eigenvalue weighted by atomic mass is 9.79. The van der Waals surface area contributed by atoms with E-state index in [1.165, 1.54) is 5.56 Å². The number of aromatic hydroxyl groups is 1. The van der Waals surface area contributed by atoms with Gasteiger partial charge in [-0.15, -0.1) is 0 Å². The first-order valence-electron chi connectivity index (χ1n) is 8.76. The van der Waals surface area contributed by atoms with Gasteiger partial charge in [0.2, 0.25) is 0 Å². The molecule has 0 spiro atoms. The number of aliphatic hydroxyl groups is 1. The zero-order valence-corrected chi connectivity index (χ0v) is 15.6. The average molecular weight is 319 g/mol. The summed E-state index contributed by atoms with van der Waals surface area (Å²) >= 11 is 0. The first-order chi connectivity index (χ1) is 10.5. The van der Waals surface area contributed by atoms with Gasteiger partial charge in [-0.3, -0.25) is 4.90 Å². The van der Waals surface area contributed by atoms with Crippen LogP contribution >= 0.6 is 0 Å². The van der Waals surface area contributed by atoms with E-state index in [1.54, 1.807) is 0 Å². The minimum absolute atomic E-state index is 0.0455. The van der Waals surface area contributed by atoms with Crippen molar-refractivity contribution < 1.29 is 10.2 Å². The fourth-order valence-corrected chi connectivity index (χ4v) is 3.24. The predicted octanol–water partition coefficient (Wildman–Crippen LogP) is 3.94. The summed E-state index contributed by atoms with van der Waals surface area (Å²) in [5, 5.41) is 20.7. The smallest absolute Gasteiger partial charge is 0.123 e. The minimum atomic E-state index is -0.237. The maximum absolute atomic E-state index is 10.8. The number of benzene rings is 1. The number of β-amino-alcohol motifs (C(OH)–C–C–N with tert-alkyl or cyclic N) is 1. The molecule has 1 aliphatic rings. The summed E-state index contributed by atoms with van der Waals surface area (Å²) in [7, 11) is 0. The predicted molar refractivity (Wildman–Crippen MR) is 96.0 cm³/mol. The third-order valence-electron chi connectivity index (χ3n) is 4.74. The molecule has 1 saturated heterocycles. The van der Waals surface area contributed by atoms with Crippen molar-refractivity contribution in [3.8, 4) is 5.75 Å². The molecule has 0 unspecified atom stereocenters. The van der Waals surface area contributed by atoms with Crippen LogP contribution in [0.15, 0.2) is 12.1 Å². The van der Waals surface area contributed by atoms with E-state index in [9.17, 15) is 10.2 Å². The van der Waals surface area contributed by atoms with E-state index in [4.69, 9.17) is 0 Å². The molecule has 1 aromatic rings. The molecule has 3 nitrogen and oxygen atoms in total. The Morgan fingerprint density at radius 1 is 1.09 bits per heavy atom. The monoisotopic (exact) mass is 319 g/mol. The van der Waals surface area contributed by atoms with Crippen molar-refractivity contribution in [3.63, 3.8) is 0 Å². The van der Waals surface area contributed by atoms with Crippen molar-refractivity contribution in [3.05, 3.63) is 28.8 Å². The standard InChI is InChI=1S/C20H33NO2/c1-19(2,3)15-10-14(12-21-9-7-8-16(22)13-21)18(23)17(11-15)20(4,5)6/h10-11,16,22-23H,7-9,12-13H2,1-6H3/t16-/m1/s1. The molecule has 3 heteroatoms. The van der Waals surface area contributed by atoms with Gasteiger partial charge >= 0.3 is 0 Å². The Labute approximate surface area is 141 Å². The molecule has 1 aromatic carbocycles. The molecule has 1 atom stereocenters. The molecule has 0 bridgehead atoms. The summed E-state index contributed by atoms with van der Waals surface area (Å²) in [5.41, 5.74) is 3.20. The zero-order valence-electron chi connectivity index (χ0n) is 15.6. The van der Waals surface area contributed by atoms with Crippen molar-refractivity contribution in [1.82, 2.24) is 4.90 Å². The van der Waals surface area contributed by atoms with Crippen molar-refractivity contribution in [2.24, 2.45) is 0 Å². The summed E-state index contributed by atoms with van der Waals surface area (Å²) in [5.74, 6) is 0.422. The summed E-state index contributed by atoms with van der Waals surface area (Å²) < 4.78 is 0. The molecule has 2 N–H and O–H groups in total. The van der Waals surface area contributed by atoms with Gasteiger partial charge in [-0.25, -0.2) is 0 Å². The van der Waals surface area contributed by atoms with E-state index >= 15 is 0 Å². The summed E-state index contributed by atoms with van der Waals surface area (Å²) in [4.78, 5) is 2.25. The number of hydrogen-bond acceptors (Lipinski definition) is 3. The molecule has 1 aliphatic heterocycles. The number of nitrogens with zero attached hydrogens (tertiary/aromatic N) is 1. The number of hydrogen-bond donors (Lipinski definition) is 2. The van der Waals surface area contributed by atoms with Gasteiger partial charge in [0.1, 0.15) is 5.75 Å². The average Bonchev–Trinajstić information content (AvgIpc) is 2.38. The van der Waals surface area contributed by atoms with Gasteiger partial charge in [0.25, 0.3) is 0 Å². The Morgan fingerprint density at radius 3 is 2.26 bits per heavy atom. The Balaban J connectivity index is 2.41. The molecule has 0 saturated carbocycles. The summed E-state index contributed by atoms with van der Waals surface area (Å²) in [6.45, 7) is 15.4. The van der Waals surface area contributed by atoms with Crippen LogP contribution in [0.3, 0.4) is 0 Å². The fraction of sp³-hybridized carbons (Fsp3) is 0.700. The van der Waals surface area contributed by atoms with E-state index in [0.29, 0.717) is 18.8 Å². The lowest BCUT2D eigenvalue weighted by molar-refractivity contribution is 0.0663. The Bertz CT molecular complexity index is 552. The van der Waals surface area contributed by atoms with Crippen LogP contribution in [0.5, 0.6) is 5.75 Å². The second-order valence-electron chi connectivity index (χ2n) is 9.06. The van der Waals surface area contributed by atoms with Crippen LogP contribution in [0.4, 0.5) is 0 Å². The molecule has 0 radical (unpaired) electrons. The second kappa shape index (κ2) is 6.45. The highest BCUT2D eigenvalue weighted by Gasteiger charge is 2.26. The number of aliphatic hydroxyl groups excluding tert-OH is 1. The van der Waals surface area contributed by atoms with Crippen LogP contribution < -0.4 is 0 Å². The van der Waals surface area contributed by atoms with Crippen molar-refractivity contribution in [1.29, 1.82) is 0 Å². The molecule has 0 amide bonds. The molecule has 23 heavy (non-hydrogen) atoms. The van der Waals surface area contributed by atoms with E-state index in [0.717, 1.165) is 30.5 Å². The highest BCUT2D eigenvalue weighted by atomic mass is 16.3. The molecular weight excluding hydrogens is 286 g/mol. The van der Waals surface area contributed by atoms with Gasteiger partial charge in [0.05, 0.1) is 6.10 Å². The van der Waals surface area contributed by atoms with Gasteiger partial charge in [0.15, 0.2) is 0 Å². The Hall–Kier alpha value is -1.06. The SMILES string of the molecule is CC(C)(C)c1cc(CN2CCC[C@@H](O)C2)c(O)c(C(C)(C)C)c1. The summed E-state index contributed by atoms with van der Waals surface area (Å²) in [6, 6.07) is 4.30. The second-order valence-corrected chi connectivity index (χ2v) is 9.06. The maximum Gasteiger partial charge on any atom is 0.123 e. The molecule has 1 heterocycles. The van der Waals surface area contributed by atoms with Gasteiger partial charge in [-0.05, 0) is 41.3 Å². The Kier molecular flexibility index (Phi) is 5.12. The number of rotatable bonds is 2. The van der Waals surface area contributed by atoms with Crippen LogP contribution in [0.1, 0.15) is 71.1 Å². The largest absolute Gasteiger partial charge is 0.507 e. The van der Waals surface area contributed by atoms with E-state index in [-0.39, 0.29) is 16.9 Å². The van der Waals surface area contributed by atoms with Crippen LogP contribution in [0.2, 0.25) is 0 Å². The number of piperidine rings is 1. The van der Waals surface area contributed by atoms with Gasteiger partial charge in [-0.1, -0.05) is 53.7 Å². The van der Waals surface area contributed by atoms with Crippen LogP contribution in [0, 0.1) is 0 Å². The number of phenolic OH excluding ortho intramolecular Hbond substituents is 1. The fourth-order valence-electron chi connectivity index (χ4n) is 3.24. The topological polar surface area (TPSA) is 43.7 Å². The van der Waals surface area contributed by atoms with Crippen molar-refractivity contribution in [2.75, 3.05) is 13.1 Å². The maximum atomic E-state index is 10.8. The molecule has 130 valence electrons. The first-order valence-corrected chi connectivity index (χ1v) is 8.76. The molecule has 0 aliphatic carbocycles. The highest BCUT2D eigenvalue weighted by Crippen LogP contribution is 2.38. The third kappa shape index (κ3) is 4.48. The minimum Gasteiger partial charge on any atom is -0.507 e. The molecule has 1 fully saturated rings. The quantitative estimate of drug-likeness (QED) is 0.867. The van der Waals surface area contributed by atoms with Crippen LogP contribution in [0.25, 0.3) is 0 Å². The van der Waals surface area contributed by atoms with Crippen molar-refractivity contribution in [2.45, 2.75) is 77.9 Å². The van der Waals surface area contributed by atoms with Gasteiger partial charge < -0.3 is 10.2 Å². The first kappa shape index (κ1) is 18.3. The van der Waals surface area contributed by atoms with Crippen LogP contribution in [-0.4, -0.2) is 34.3 Å². The molecule has 0 aromatic heterocycles. The molecular formula is C20H33NO2. The highest BCUT2D eigenvalue weighted by molar-refractivity contribution is 5.48. The van der Waals surface area contributed by atoms with E-state index in [2.05, 4.69) is 58.6 Å². The van der Waals surface area contributed by atoms with Crippen LogP contribution in [-0.2, 0) is 17.4 Å². The van der Waals surface area contributed by atoms with E-state index in [1.807, 2.05) is 0 Å². The lowest BCUT2D eigenvalue weighted by Gasteiger charge is -2.32. The normalized spacial score (nSPS) is 20.7.